The van der Waals surface area contributed by atoms with E-state index in [1.807, 2.05) is 6.92 Å². The van der Waals surface area contributed by atoms with Gasteiger partial charge in [-0.1, -0.05) is 6.92 Å². The molecule has 0 saturated heterocycles. The molecule has 6 heteroatoms. The molecule has 1 atom stereocenters. The van der Waals surface area contributed by atoms with Crippen molar-refractivity contribution < 1.29 is 9.90 Å². The lowest BCUT2D eigenvalue weighted by Crippen LogP contribution is -2.33. The number of aryl methyl sites for hydroxylation is 1. The number of urea groups is 1. The van der Waals surface area contributed by atoms with Crippen LogP contribution in [0, 0.1) is 0 Å². The van der Waals surface area contributed by atoms with Gasteiger partial charge in [0.05, 0.1) is 24.2 Å². The van der Waals surface area contributed by atoms with Gasteiger partial charge in [-0.05, 0) is 13.3 Å². The number of amides is 2. The largest absolute Gasteiger partial charge is 0.393 e. The van der Waals surface area contributed by atoms with Gasteiger partial charge in [0.1, 0.15) is 5.82 Å². The van der Waals surface area contributed by atoms with Gasteiger partial charge < -0.3 is 15.3 Å². The number of aliphatic hydroxyl groups is 1. The van der Waals surface area contributed by atoms with E-state index in [0.717, 1.165) is 12.2 Å². The third-order valence-electron chi connectivity index (χ3n) is 2.50. The van der Waals surface area contributed by atoms with Crippen molar-refractivity contribution in [2.75, 3.05) is 18.9 Å². The molecule has 1 unspecified atom stereocenters. The summed E-state index contributed by atoms with van der Waals surface area (Å²) in [6.45, 7) is 4.16. The average molecular weight is 252 g/mol. The minimum absolute atomic E-state index is 0.233. The van der Waals surface area contributed by atoms with Crippen molar-refractivity contribution in [3.63, 3.8) is 0 Å². The Balaban J connectivity index is 2.47. The van der Waals surface area contributed by atoms with Gasteiger partial charge in [-0.25, -0.2) is 14.8 Å². The molecule has 1 heterocycles. The summed E-state index contributed by atoms with van der Waals surface area (Å²) in [6.07, 6.45) is 4.09. The Kier molecular flexibility index (Phi) is 5.51. The summed E-state index contributed by atoms with van der Waals surface area (Å²) in [5, 5.41) is 11.8. The highest BCUT2D eigenvalue weighted by Crippen LogP contribution is 2.05. The predicted octanol–water partition coefficient (Wildman–Crippen LogP) is 1.27. The molecule has 2 amide bonds. The molecule has 0 aliphatic carbocycles. The van der Waals surface area contributed by atoms with E-state index in [1.165, 1.54) is 4.90 Å². The number of hydrogen-bond acceptors (Lipinski definition) is 4. The number of nitrogens with one attached hydrogen (secondary N) is 1. The molecule has 6 nitrogen and oxygen atoms in total. The van der Waals surface area contributed by atoms with Crippen molar-refractivity contribution in [3.8, 4) is 0 Å². The van der Waals surface area contributed by atoms with Gasteiger partial charge in [-0.3, -0.25) is 0 Å². The van der Waals surface area contributed by atoms with Crippen LogP contribution in [0.1, 0.15) is 26.1 Å². The SMILES string of the molecule is CCc1ncc(NC(=O)N(C)CCC(C)O)cn1. The van der Waals surface area contributed by atoms with E-state index in [9.17, 15) is 4.79 Å². The Hall–Kier alpha value is -1.69. The van der Waals surface area contributed by atoms with Gasteiger partial charge in [-0.2, -0.15) is 0 Å². The summed E-state index contributed by atoms with van der Waals surface area (Å²) in [5.41, 5.74) is 0.570. The molecule has 0 fully saturated rings. The molecule has 1 aromatic rings. The Labute approximate surface area is 107 Å². The molecule has 2 N–H and O–H groups in total. The van der Waals surface area contributed by atoms with Crippen molar-refractivity contribution in [1.29, 1.82) is 0 Å². The third-order valence-corrected chi connectivity index (χ3v) is 2.50. The topological polar surface area (TPSA) is 78.4 Å². The maximum absolute atomic E-state index is 11.8. The van der Waals surface area contributed by atoms with Gasteiger partial charge in [0.25, 0.3) is 0 Å². The molecule has 0 saturated carbocycles. The highest BCUT2D eigenvalue weighted by Gasteiger charge is 2.09. The number of nitrogens with zero attached hydrogens (tertiary/aromatic N) is 3. The summed E-state index contributed by atoms with van der Waals surface area (Å²) < 4.78 is 0. The molecule has 18 heavy (non-hydrogen) atoms. The fraction of sp³-hybridized carbons (Fsp3) is 0.583. The van der Waals surface area contributed by atoms with Crippen LogP contribution in [-0.2, 0) is 6.42 Å². The molecule has 0 radical (unpaired) electrons. The Morgan fingerprint density at radius 2 is 2.11 bits per heavy atom. The summed E-state index contributed by atoms with van der Waals surface area (Å²) in [5.74, 6) is 0.746. The maximum Gasteiger partial charge on any atom is 0.321 e. The molecule has 1 aromatic heterocycles. The molecule has 0 bridgehead atoms. The van der Waals surface area contributed by atoms with E-state index in [1.54, 1.807) is 26.4 Å². The first-order valence-corrected chi connectivity index (χ1v) is 6.04. The first-order valence-electron chi connectivity index (χ1n) is 6.04. The first kappa shape index (κ1) is 14.4. The van der Waals surface area contributed by atoms with Crippen LogP contribution in [0.2, 0.25) is 0 Å². The van der Waals surface area contributed by atoms with Crippen LogP contribution in [0.25, 0.3) is 0 Å². The molecule has 100 valence electrons. The summed E-state index contributed by atoms with van der Waals surface area (Å²) >= 11 is 0. The van der Waals surface area contributed by atoms with Crippen molar-refractivity contribution in [2.45, 2.75) is 32.8 Å². The smallest absolute Gasteiger partial charge is 0.321 e. The average Bonchev–Trinajstić information content (AvgIpc) is 2.36. The van der Waals surface area contributed by atoms with Gasteiger partial charge in [0, 0.05) is 20.0 Å². The first-order chi connectivity index (χ1) is 8.52. The van der Waals surface area contributed by atoms with Crippen LogP contribution in [-0.4, -0.2) is 45.7 Å². The number of anilines is 1. The Bertz CT molecular complexity index is 378. The lowest BCUT2D eigenvalue weighted by molar-refractivity contribution is 0.167. The van der Waals surface area contributed by atoms with E-state index < -0.39 is 6.10 Å². The van der Waals surface area contributed by atoms with Crippen LogP contribution < -0.4 is 5.32 Å². The second-order valence-electron chi connectivity index (χ2n) is 4.23. The normalized spacial score (nSPS) is 12.0. The van der Waals surface area contributed by atoms with Crippen molar-refractivity contribution in [1.82, 2.24) is 14.9 Å². The summed E-state index contributed by atoms with van der Waals surface area (Å²) in [4.78, 5) is 21.5. The van der Waals surface area contributed by atoms with Crippen molar-refractivity contribution in [3.05, 3.63) is 18.2 Å². The van der Waals surface area contributed by atoms with Crippen LogP contribution in [0.3, 0.4) is 0 Å². The molecule has 0 aromatic carbocycles. The zero-order valence-corrected chi connectivity index (χ0v) is 11.1. The molecular formula is C12H20N4O2. The fourth-order valence-corrected chi connectivity index (χ4v) is 1.30. The minimum atomic E-state index is -0.410. The molecule has 0 spiro atoms. The maximum atomic E-state index is 11.8. The van der Waals surface area contributed by atoms with Gasteiger partial charge in [0.15, 0.2) is 0 Å². The van der Waals surface area contributed by atoms with Crippen LogP contribution >= 0.6 is 0 Å². The van der Waals surface area contributed by atoms with Crippen LogP contribution in [0.5, 0.6) is 0 Å². The van der Waals surface area contributed by atoms with Crippen molar-refractivity contribution >= 4 is 11.7 Å². The zero-order valence-electron chi connectivity index (χ0n) is 11.1. The standard InChI is InChI=1S/C12H20N4O2/c1-4-11-13-7-10(8-14-11)15-12(18)16(3)6-5-9(2)17/h7-9,17H,4-6H2,1-3H3,(H,15,18). The minimum Gasteiger partial charge on any atom is -0.393 e. The van der Waals surface area contributed by atoms with Gasteiger partial charge in [-0.15, -0.1) is 0 Å². The number of hydrogen-bond donors (Lipinski definition) is 2. The predicted molar refractivity (Wildman–Crippen MR) is 69.4 cm³/mol. The molecule has 1 rings (SSSR count). The Morgan fingerprint density at radius 3 is 2.61 bits per heavy atom. The Morgan fingerprint density at radius 1 is 1.50 bits per heavy atom. The summed E-state index contributed by atoms with van der Waals surface area (Å²) in [6, 6.07) is -0.233. The molecular weight excluding hydrogens is 232 g/mol. The quantitative estimate of drug-likeness (QED) is 0.827. The highest BCUT2D eigenvalue weighted by molar-refractivity contribution is 5.88. The van der Waals surface area contributed by atoms with Gasteiger partial charge in [0.2, 0.25) is 0 Å². The lowest BCUT2D eigenvalue weighted by Gasteiger charge is -2.18. The number of carbonyl (C=O) groups is 1. The van der Waals surface area contributed by atoms with E-state index >= 15 is 0 Å². The van der Waals surface area contributed by atoms with Gasteiger partial charge >= 0.3 is 6.03 Å². The number of carbonyl (C=O) groups excluding carboxylic acids is 1. The molecule has 0 aliphatic rings. The fourth-order valence-electron chi connectivity index (χ4n) is 1.30. The second-order valence-corrected chi connectivity index (χ2v) is 4.23. The second kappa shape index (κ2) is 6.90. The third kappa shape index (κ3) is 4.67. The zero-order chi connectivity index (χ0) is 13.5. The highest BCUT2D eigenvalue weighted by atomic mass is 16.3. The van der Waals surface area contributed by atoms with E-state index in [4.69, 9.17) is 5.11 Å². The number of rotatable bonds is 5. The van der Waals surface area contributed by atoms with Crippen LogP contribution in [0.15, 0.2) is 12.4 Å². The van der Waals surface area contributed by atoms with Crippen LogP contribution in [0.4, 0.5) is 10.5 Å². The molecule has 0 aliphatic heterocycles. The van der Waals surface area contributed by atoms with Crippen molar-refractivity contribution in [2.24, 2.45) is 0 Å². The number of aliphatic hydroxyl groups excluding tert-OH is 1. The summed E-state index contributed by atoms with van der Waals surface area (Å²) in [7, 11) is 1.68. The van der Waals surface area contributed by atoms with E-state index in [-0.39, 0.29) is 6.03 Å². The lowest BCUT2D eigenvalue weighted by atomic mass is 10.3. The van der Waals surface area contributed by atoms with E-state index in [0.29, 0.717) is 18.7 Å². The monoisotopic (exact) mass is 252 g/mol. The van der Waals surface area contributed by atoms with E-state index in [2.05, 4.69) is 15.3 Å². The number of aromatic nitrogens is 2.